The van der Waals surface area contributed by atoms with Gasteiger partial charge in [0.15, 0.2) is 0 Å². The van der Waals surface area contributed by atoms with Gasteiger partial charge in [0.1, 0.15) is 0 Å². The molecule has 94 valence electrons. The molecule has 2 aliphatic rings. The molecule has 1 atom stereocenters. The normalized spacial score (nSPS) is 24.9. The van der Waals surface area contributed by atoms with E-state index in [0.29, 0.717) is 12.1 Å². The lowest BCUT2D eigenvalue weighted by Gasteiger charge is -2.30. The molecular formula is C11H20N6. The maximum absolute atomic E-state index is 4.14. The van der Waals surface area contributed by atoms with Gasteiger partial charge in [-0.25, -0.2) is 4.68 Å². The first-order chi connectivity index (χ1) is 8.34. The Balaban J connectivity index is 1.69. The van der Waals surface area contributed by atoms with E-state index >= 15 is 0 Å². The van der Waals surface area contributed by atoms with Crippen LogP contribution in [0, 0.1) is 0 Å². The molecule has 0 amide bonds. The third-order valence-corrected chi connectivity index (χ3v) is 3.67. The Kier molecular flexibility index (Phi) is 2.96. The molecule has 6 heteroatoms. The van der Waals surface area contributed by atoms with E-state index in [1.807, 2.05) is 7.05 Å². The SMILES string of the molecule is Cn1nnnc1N(CC1CCCCN1)C1CC1. The highest BCUT2D eigenvalue weighted by Gasteiger charge is 2.33. The second-order valence-corrected chi connectivity index (χ2v) is 5.13. The number of nitrogens with zero attached hydrogens (tertiary/aromatic N) is 5. The fourth-order valence-electron chi connectivity index (χ4n) is 2.57. The second kappa shape index (κ2) is 4.60. The van der Waals surface area contributed by atoms with Crippen molar-refractivity contribution >= 4 is 5.95 Å². The van der Waals surface area contributed by atoms with Crippen LogP contribution in [0.25, 0.3) is 0 Å². The number of hydrogen-bond acceptors (Lipinski definition) is 5. The summed E-state index contributed by atoms with van der Waals surface area (Å²) in [4.78, 5) is 2.38. The first-order valence-electron chi connectivity index (χ1n) is 6.57. The Morgan fingerprint density at radius 1 is 1.35 bits per heavy atom. The van der Waals surface area contributed by atoms with E-state index < -0.39 is 0 Å². The Bertz CT molecular complexity index is 366. The molecule has 1 aromatic rings. The standard InChI is InChI=1S/C11H20N6/c1-16-11(13-14-15-16)17(10-5-6-10)8-9-4-2-3-7-12-9/h9-10,12H,2-8H2,1H3. The van der Waals surface area contributed by atoms with Gasteiger partial charge < -0.3 is 10.2 Å². The lowest BCUT2D eigenvalue weighted by atomic mass is 10.0. The minimum absolute atomic E-state index is 0.598. The molecule has 0 radical (unpaired) electrons. The molecular weight excluding hydrogens is 216 g/mol. The molecule has 6 nitrogen and oxygen atoms in total. The quantitative estimate of drug-likeness (QED) is 0.816. The molecule has 1 saturated carbocycles. The van der Waals surface area contributed by atoms with Crippen molar-refractivity contribution in [2.45, 2.75) is 44.2 Å². The van der Waals surface area contributed by atoms with E-state index in [-0.39, 0.29) is 0 Å². The lowest BCUT2D eigenvalue weighted by Crippen LogP contribution is -2.45. The molecule has 1 N–H and O–H groups in total. The highest BCUT2D eigenvalue weighted by atomic mass is 15.6. The average Bonchev–Trinajstić information content (AvgIpc) is 3.11. The number of tetrazole rings is 1. The fourth-order valence-corrected chi connectivity index (χ4v) is 2.57. The van der Waals surface area contributed by atoms with Crippen LogP contribution in [0.1, 0.15) is 32.1 Å². The maximum atomic E-state index is 4.14. The molecule has 1 saturated heterocycles. The van der Waals surface area contributed by atoms with E-state index in [4.69, 9.17) is 0 Å². The van der Waals surface area contributed by atoms with Crippen LogP contribution in [0.5, 0.6) is 0 Å². The minimum atomic E-state index is 0.598. The number of aromatic nitrogens is 4. The Morgan fingerprint density at radius 3 is 2.82 bits per heavy atom. The second-order valence-electron chi connectivity index (χ2n) is 5.13. The molecule has 1 unspecified atom stereocenters. The van der Waals surface area contributed by atoms with Gasteiger partial charge in [-0.05, 0) is 42.7 Å². The van der Waals surface area contributed by atoms with Crippen molar-refractivity contribution < 1.29 is 0 Å². The van der Waals surface area contributed by atoms with Gasteiger partial charge in [0, 0.05) is 25.7 Å². The largest absolute Gasteiger partial charge is 0.335 e. The Morgan fingerprint density at radius 2 is 2.24 bits per heavy atom. The maximum Gasteiger partial charge on any atom is 0.245 e. The van der Waals surface area contributed by atoms with Crippen molar-refractivity contribution in [1.29, 1.82) is 0 Å². The summed E-state index contributed by atoms with van der Waals surface area (Å²) < 4.78 is 1.78. The molecule has 2 heterocycles. The smallest absolute Gasteiger partial charge is 0.245 e. The molecule has 0 spiro atoms. The van der Waals surface area contributed by atoms with Crippen molar-refractivity contribution in [1.82, 2.24) is 25.5 Å². The third-order valence-electron chi connectivity index (χ3n) is 3.67. The number of aryl methyl sites for hydroxylation is 1. The summed E-state index contributed by atoms with van der Waals surface area (Å²) in [6, 6.07) is 1.25. The van der Waals surface area contributed by atoms with Crippen molar-refractivity contribution in [3.05, 3.63) is 0 Å². The van der Waals surface area contributed by atoms with Gasteiger partial charge >= 0.3 is 0 Å². The minimum Gasteiger partial charge on any atom is -0.335 e. The van der Waals surface area contributed by atoms with E-state index in [1.165, 1.54) is 32.1 Å². The van der Waals surface area contributed by atoms with Gasteiger partial charge in [-0.15, -0.1) is 0 Å². The fraction of sp³-hybridized carbons (Fsp3) is 0.909. The van der Waals surface area contributed by atoms with Crippen molar-refractivity contribution in [2.75, 3.05) is 18.0 Å². The van der Waals surface area contributed by atoms with Crippen LogP contribution in [0.15, 0.2) is 0 Å². The predicted octanol–water partition coefficient (Wildman–Crippen LogP) is 0.321. The van der Waals surface area contributed by atoms with E-state index in [9.17, 15) is 0 Å². The van der Waals surface area contributed by atoms with Gasteiger partial charge in [-0.1, -0.05) is 11.5 Å². The van der Waals surface area contributed by atoms with E-state index in [1.54, 1.807) is 4.68 Å². The van der Waals surface area contributed by atoms with Crippen LogP contribution < -0.4 is 10.2 Å². The lowest BCUT2D eigenvalue weighted by molar-refractivity contribution is 0.396. The predicted molar refractivity (Wildman–Crippen MR) is 64.8 cm³/mol. The summed E-state index contributed by atoms with van der Waals surface area (Å²) in [5.41, 5.74) is 0. The summed E-state index contributed by atoms with van der Waals surface area (Å²) in [5, 5.41) is 15.4. The van der Waals surface area contributed by atoms with Crippen molar-refractivity contribution in [3.8, 4) is 0 Å². The van der Waals surface area contributed by atoms with E-state index in [0.717, 1.165) is 19.0 Å². The van der Waals surface area contributed by atoms with Gasteiger partial charge in [0.25, 0.3) is 0 Å². The zero-order valence-corrected chi connectivity index (χ0v) is 10.3. The van der Waals surface area contributed by atoms with Crippen molar-refractivity contribution in [2.24, 2.45) is 7.05 Å². The molecule has 1 aliphatic carbocycles. The van der Waals surface area contributed by atoms with Gasteiger partial charge in [-0.3, -0.25) is 0 Å². The Labute approximate surface area is 101 Å². The summed E-state index contributed by atoms with van der Waals surface area (Å²) in [6.07, 6.45) is 6.48. The average molecular weight is 236 g/mol. The zero-order chi connectivity index (χ0) is 11.7. The monoisotopic (exact) mass is 236 g/mol. The summed E-state index contributed by atoms with van der Waals surface area (Å²) in [6.45, 7) is 2.19. The molecule has 0 bridgehead atoms. The molecule has 1 aliphatic heterocycles. The topological polar surface area (TPSA) is 58.9 Å². The third kappa shape index (κ3) is 2.41. The van der Waals surface area contributed by atoms with Crippen LogP contribution in [-0.4, -0.2) is 45.4 Å². The van der Waals surface area contributed by atoms with Crippen LogP contribution in [0.4, 0.5) is 5.95 Å². The number of anilines is 1. The molecule has 2 fully saturated rings. The molecule has 1 aromatic heterocycles. The van der Waals surface area contributed by atoms with Gasteiger partial charge in [-0.2, -0.15) is 0 Å². The summed E-state index contributed by atoms with van der Waals surface area (Å²) in [7, 11) is 1.92. The number of nitrogens with one attached hydrogen (secondary N) is 1. The summed E-state index contributed by atoms with van der Waals surface area (Å²) >= 11 is 0. The van der Waals surface area contributed by atoms with Gasteiger partial charge in [0.2, 0.25) is 5.95 Å². The first-order valence-corrected chi connectivity index (χ1v) is 6.57. The van der Waals surface area contributed by atoms with E-state index in [2.05, 4.69) is 25.7 Å². The molecule has 3 rings (SSSR count). The van der Waals surface area contributed by atoms with Crippen LogP contribution in [-0.2, 0) is 7.05 Å². The van der Waals surface area contributed by atoms with Gasteiger partial charge in [0.05, 0.1) is 0 Å². The zero-order valence-electron chi connectivity index (χ0n) is 10.3. The van der Waals surface area contributed by atoms with Crippen LogP contribution >= 0.6 is 0 Å². The Hall–Kier alpha value is -1.17. The summed E-state index contributed by atoms with van der Waals surface area (Å²) in [5.74, 6) is 0.917. The molecule has 0 aromatic carbocycles. The van der Waals surface area contributed by atoms with Crippen LogP contribution in [0.3, 0.4) is 0 Å². The van der Waals surface area contributed by atoms with Crippen LogP contribution in [0.2, 0.25) is 0 Å². The molecule has 17 heavy (non-hydrogen) atoms. The number of rotatable bonds is 4. The highest BCUT2D eigenvalue weighted by molar-refractivity contribution is 5.33. The highest BCUT2D eigenvalue weighted by Crippen LogP contribution is 2.30. The van der Waals surface area contributed by atoms with Crippen molar-refractivity contribution in [3.63, 3.8) is 0 Å². The first kappa shape index (κ1) is 11.0. The number of hydrogen-bond donors (Lipinski definition) is 1. The number of piperidine rings is 1.